The van der Waals surface area contributed by atoms with E-state index in [0.29, 0.717) is 11.5 Å². The molecule has 10 aromatic rings. The van der Waals surface area contributed by atoms with E-state index >= 15 is 0 Å². The second-order valence-electron chi connectivity index (χ2n) is 12.8. The SMILES string of the molecule is c1ccc(-c2ccc(N(c3ccc(-c4cccc5ccccc45)cc3)c3ccc4c(c3)oc3cc5oc(-c6ccccc6)nc5cc34)cc2)cc1. The summed E-state index contributed by atoms with van der Waals surface area (Å²) in [4.78, 5) is 7.09. The van der Waals surface area contributed by atoms with Crippen molar-refractivity contribution in [3.8, 4) is 33.7 Å². The molecule has 0 saturated carbocycles. The zero-order valence-electron chi connectivity index (χ0n) is 27.5. The number of rotatable bonds is 6. The lowest BCUT2D eigenvalue weighted by Gasteiger charge is -2.26. The number of aromatic nitrogens is 1. The molecule has 0 bridgehead atoms. The Balaban J connectivity index is 1.07. The molecule has 4 nitrogen and oxygen atoms in total. The van der Waals surface area contributed by atoms with Gasteiger partial charge in [-0.2, -0.15) is 0 Å². The second kappa shape index (κ2) is 11.9. The predicted molar refractivity (Wildman–Crippen MR) is 210 cm³/mol. The van der Waals surface area contributed by atoms with Crippen molar-refractivity contribution in [1.29, 1.82) is 0 Å². The van der Waals surface area contributed by atoms with Crippen LogP contribution in [0.4, 0.5) is 17.1 Å². The van der Waals surface area contributed by atoms with E-state index in [2.05, 4.69) is 144 Å². The van der Waals surface area contributed by atoms with E-state index in [1.54, 1.807) is 0 Å². The quantitative estimate of drug-likeness (QED) is 0.179. The Labute approximate surface area is 294 Å². The summed E-state index contributed by atoms with van der Waals surface area (Å²) in [6, 6.07) is 63.6. The van der Waals surface area contributed by atoms with Gasteiger partial charge in [-0.05, 0) is 87.6 Å². The number of anilines is 3. The molecule has 2 aromatic heterocycles. The van der Waals surface area contributed by atoms with Gasteiger partial charge in [0.1, 0.15) is 16.7 Å². The van der Waals surface area contributed by atoms with Crippen LogP contribution in [-0.2, 0) is 0 Å². The van der Waals surface area contributed by atoms with Gasteiger partial charge in [-0.15, -0.1) is 0 Å². The number of oxazole rings is 1. The van der Waals surface area contributed by atoms with Crippen LogP contribution in [0.2, 0.25) is 0 Å². The van der Waals surface area contributed by atoms with E-state index in [1.807, 2.05) is 42.5 Å². The standard InChI is InChI=1S/C47H30N2O2/c1-3-10-31(11-4-1)32-18-22-36(23-19-32)49(37-24-20-34(21-25-37)40-17-9-15-33-12-7-8-16-39(33)40)38-26-27-41-42-29-43-46(30-45(42)50-44(41)28-38)51-47(48-43)35-13-5-2-6-14-35/h1-30H. The summed E-state index contributed by atoms with van der Waals surface area (Å²) in [5.74, 6) is 0.602. The molecule has 240 valence electrons. The molecular weight excluding hydrogens is 625 g/mol. The van der Waals surface area contributed by atoms with E-state index < -0.39 is 0 Å². The molecular formula is C47H30N2O2. The van der Waals surface area contributed by atoms with E-state index in [4.69, 9.17) is 13.8 Å². The molecule has 0 N–H and O–H groups in total. The Morgan fingerprint density at radius 2 is 0.980 bits per heavy atom. The first-order valence-electron chi connectivity index (χ1n) is 17.1. The van der Waals surface area contributed by atoms with Crippen molar-refractivity contribution in [3.63, 3.8) is 0 Å². The number of benzene rings is 8. The molecule has 2 heterocycles. The molecule has 0 aliphatic rings. The van der Waals surface area contributed by atoms with Crippen molar-refractivity contribution >= 4 is 60.9 Å². The number of nitrogens with zero attached hydrogens (tertiary/aromatic N) is 2. The van der Waals surface area contributed by atoms with Crippen molar-refractivity contribution in [1.82, 2.24) is 4.98 Å². The fraction of sp³-hybridized carbons (Fsp3) is 0. The molecule has 4 heteroatoms. The van der Waals surface area contributed by atoms with Crippen LogP contribution in [0.25, 0.3) is 77.5 Å². The highest BCUT2D eigenvalue weighted by Gasteiger charge is 2.18. The molecule has 8 aromatic carbocycles. The maximum atomic E-state index is 6.52. The zero-order valence-corrected chi connectivity index (χ0v) is 27.5. The van der Waals surface area contributed by atoms with Crippen LogP contribution >= 0.6 is 0 Å². The molecule has 0 spiro atoms. The summed E-state index contributed by atoms with van der Waals surface area (Å²) in [6.07, 6.45) is 0. The van der Waals surface area contributed by atoms with Gasteiger partial charge in [-0.3, -0.25) is 0 Å². The first kappa shape index (κ1) is 29.0. The third-order valence-corrected chi connectivity index (χ3v) is 9.70. The average molecular weight is 655 g/mol. The van der Waals surface area contributed by atoms with Crippen molar-refractivity contribution in [2.75, 3.05) is 4.90 Å². The Bertz CT molecular complexity index is 2830. The lowest BCUT2D eigenvalue weighted by Crippen LogP contribution is -2.09. The first-order valence-corrected chi connectivity index (χ1v) is 17.1. The van der Waals surface area contributed by atoms with E-state index in [1.165, 1.54) is 33.0 Å². The highest BCUT2D eigenvalue weighted by molar-refractivity contribution is 6.10. The summed E-state index contributed by atoms with van der Waals surface area (Å²) in [7, 11) is 0. The monoisotopic (exact) mass is 654 g/mol. The van der Waals surface area contributed by atoms with E-state index in [-0.39, 0.29) is 0 Å². The van der Waals surface area contributed by atoms with Gasteiger partial charge in [0, 0.05) is 45.5 Å². The lowest BCUT2D eigenvalue weighted by atomic mass is 9.98. The summed E-state index contributed by atoms with van der Waals surface area (Å²) >= 11 is 0. The van der Waals surface area contributed by atoms with Crippen LogP contribution in [-0.4, -0.2) is 4.98 Å². The topological polar surface area (TPSA) is 42.4 Å². The van der Waals surface area contributed by atoms with Gasteiger partial charge in [-0.1, -0.05) is 115 Å². The van der Waals surface area contributed by atoms with Gasteiger partial charge in [0.05, 0.1) is 0 Å². The van der Waals surface area contributed by atoms with Gasteiger partial charge in [0.15, 0.2) is 5.58 Å². The van der Waals surface area contributed by atoms with Crippen molar-refractivity contribution in [2.45, 2.75) is 0 Å². The second-order valence-corrected chi connectivity index (χ2v) is 12.8. The molecule has 0 amide bonds. The molecule has 51 heavy (non-hydrogen) atoms. The molecule has 10 rings (SSSR count). The van der Waals surface area contributed by atoms with Gasteiger partial charge in [0.25, 0.3) is 0 Å². The summed E-state index contributed by atoms with van der Waals surface area (Å²) in [6.45, 7) is 0. The van der Waals surface area contributed by atoms with Crippen molar-refractivity contribution < 1.29 is 8.83 Å². The van der Waals surface area contributed by atoms with Crippen LogP contribution in [0.5, 0.6) is 0 Å². The number of hydrogen-bond donors (Lipinski definition) is 0. The van der Waals surface area contributed by atoms with Crippen LogP contribution in [0, 0.1) is 0 Å². The Morgan fingerprint density at radius 3 is 1.75 bits per heavy atom. The largest absolute Gasteiger partial charge is 0.456 e. The van der Waals surface area contributed by atoms with Crippen molar-refractivity contribution in [2.24, 2.45) is 0 Å². The van der Waals surface area contributed by atoms with E-state index in [0.717, 1.165) is 50.1 Å². The fourth-order valence-corrected chi connectivity index (χ4v) is 7.18. The lowest BCUT2D eigenvalue weighted by molar-refractivity contribution is 0.617. The van der Waals surface area contributed by atoms with Crippen LogP contribution in [0.15, 0.2) is 191 Å². The predicted octanol–water partition coefficient (Wildman–Crippen LogP) is 13.4. The van der Waals surface area contributed by atoms with Crippen LogP contribution < -0.4 is 4.90 Å². The number of furan rings is 1. The Kier molecular flexibility index (Phi) is 6.78. The van der Waals surface area contributed by atoms with Crippen molar-refractivity contribution in [3.05, 3.63) is 182 Å². The highest BCUT2D eigenvalue weighted by atomic mass is 16.4. The van der Waals surface area contributed by atoms with E-state index in [9.17, 15) is 0 Å². The minimum atomic E-state index is 0.602. The Morgan fingerprint density at radius 1 is 0.373 bits per heavy atom. The van der Waals surface area contributed by atoms with Gasteiger partial charge >= 0.3 is 0 Å². The summed E-state index contributed by atoms with van der Waals surface area (Å²) < 4.78 is 12.7. The smallest absolute Gasteiger partial charge is 0.227 e. The third kappa shape index (κ3) is 5.13. The molecule has 0 fully saturated rings. The summed E-state index contributed by atoms with van der Waals surface area (Å²) in [5.41, 5.74) is 11.9. The highest BCUT2D eigenvalue weighted by Crippen LogP contribution is 2.41. The van der Waals surface area contributed by atoms with Gasteiger partial charge < -0.3 is 13.7 Å². The summed E-state index contributed by atoms with van der Waals surface area (Å²) in [5, 5.41) is 4.52. The molecule has 0 atom stereocenters. The molecule has 0 aliphatic heterocycles. The Hall–Kier alpha value is -6.91. The average Bonchev–Trinajstić information content (AvgIpc) is 3.78. The first-order chi connectivity index (χ1) is 25.2. The third-order valence-electron chi connectivity index (χ3n) is 9.70. The van der Waals surface area contributed by atoms with Crippen LogP contribution in [0.1, 0.15) is 0 Å². The normalized spacial score (nSPS) is 11.5. The molecule has 0 radical (unpaired) electrons. The van der Waals surface area contributed by atoms with Gasteiger partial charge in [-0.25, -0.2) is 4.98 Å². The van der Waals surface area contributed by atoms with Gasteiger partial charge in [0.2, 0.25) is 5.89 Å². The minimum absolute atomic E-state index is 0.602. The zero-order chi connectivity index (χ0) is 33.7. The maximum Gasteiger partial charge on any atom is 0.227 e. The van der Waals surface area contributed by atoms with Crippen LogP contribution in [0.3, 0.4) is 0 Å². The fourth-order valence-electron chi connectivity index (χ4n) is 7.18. The maximum absolute atomic E-state index is 6.52. The molecule has 0 saturated heterocycles. The molecule has 0 unspecified atom stereocenters. The number of fused-ring (bicyclic) bond motifs is 5. The minimum Gasteiger partial charge on any atom is -0.456 e. The molecule has 0 aliphatic carbocycles. The number of hydrogen-bond acceptors (Lipinski definition) is 4.